The summed E-state index contributed by atoms with van der Waals surface area (Å²) in [4.78, 5) is 13.9. The van der Waals surface area contributed by atoms with Crippen LogP contribution in [0.15, 0.2) is 30.3 Å². The third-order valence-electron chi connectivity index (χ3n) is 3.21. The van der Waals surface area contributed by atoms with E-state index in [9.17, 15) is 4.79 Å². The Morgan fingerprint density at radius 3 is 2.94 bits per heavy atom. The number of carbonyl (C=O) groups excluding carboxylic acids is 1. The van der Waals surface area contributed by atoms with Gasteiger partial charge in [0.05, 0.1) is 0 Å². The summed E-state index contributed by atoms with van der Waals surface area (Å²) in [6.07, 6.45) is 2.02. The second-order valence-corrected chi connectivity index (χ2v) is 4.85. The van der Waals surface area contributed by atoms with Gasteiger partial charge in [-0.2, -0.15) is 0 Å². The number of nitrogens with zero attached hydrogens (tertiary/aromatic N) is 1. The molecule has 18 heavy (non-hydrogen) atoms. The van der Waals surface area contributed by atoms with Crippen molar-refractivity contribution in [2.24, 2.45) is 5.92 Å². The molecule has 1 heterocycles. The summed E-state index contributed by atoms with van der Waals surface area (Å²) in [5, 5.41) is 2.83. The van der Waals surface area contributed by atoms with Gasteiger partial charge in [-0.3, -0.25) is 0 Å². The second kappa shape index (κ2) is 6.40. The van der Waals surface area contributed by atoms with Crippen molar-refractivity contribution in [2.75, 3.05) is 26.7 Å². The van der Waals surface area contributed by atoms with E-state index in [2.05, 4.69) is 17.3 Å². The van der Waals surface area contributed by atoms with Crippen molar-refractivity contribution in [3.63, 3.8) is 0 Å². The lowest BCUT2D eigenvalue weighted by Gasteiger charge is -2.29. The van der Waals surface area contributed by atoms with Crippen LogP contribution in [-0.2, 0) is 0 Å². The number of amides is 1. The summed E-state index contributed by atoms with van der Waals surface area (Å²) >= 11 is 0. The Labute approximate surface area is 108 Å². The van der Waals surface area contributed by atoms with E-state index in [-0.39, 0.29) is 6.09 Å². The van der Waals surface area contributed by atoms with Crippen LogP contribution in [0.25, 0.3) is 0 Å². The van der Waals surface area contributed by atoms with Gasteiger partial charge in [0.25, 0.3) is 0 Å². The van der Waals surface area contributed by atoms with E-state index in [1.807, 2.05) is 18.2 Å². The Bertz CT molecular complexity index is 381. The summed E-state index contributed by atoms with van der Waals surface area (Å²) in [6.45, 7) is 2.90. The highest BCUT2D eigenvalue weighted by atomic mass is 16.5. The first kappa shape index (κ1) is 12.9. The van der Waals surface area contributed by atoms with Crippen molar-refractivity contribution in [2.45, 2.75) is 12.8 Å². The number of para-hydroxylation sites is 1. The third kappa shape index (κ3) is 4.04. The minimum atomic E-state index is -0.366. The van der Waals surface area contributed by atoms with Gasteiger partial charge in [-0.25, -0.2) is 4.79 Å². The molecule has 0 aliphatic carbocycles. The Morgan fingerprint density at radius 1 is 1.44 bits per heavy atom. The van der Waals surface area contributed by atoms with E-state index >= 15 is 0 Å². The molecule has 1 aliphatic heterocycles. The average Bonchev–Trinajstić information content (AvgIpc) is 2.38. The molecule has 1 saturated heterocycles. The molecule has 1 fully saturated rings. The zero-order chi connectivity index (χ0) is 12.8. The largest absolute Gasteiger partial charge is 0.412 e. The molecule has 1 atom stereocenters. The van der Waals surface area contributed by atoms with E-state index in [0.29, 0.717) is 18.2 Å². The molecule has 4 heteroatoms. The lowest BCUT2D eigenvalue weighted by molar-refractivity contribution is 0.183. The van der Waals surface area contributed by atoms with Gasteiger partial charge in [0.15, 0.2) is 0 Å². The maximum absolute atomic E-state index is 11.6. The summed E-state index contributed by atoms with van der Waals surface area (Å²) < 4.78 is 5.17. The second-order valence-electron chi connectivity index (χ2n) is 4.85. The molecule has 1 aromatic rings. The van der Waals surface area contributed by atoms with Crippen LogP contribution >= 0.6 is 0 Å². The Balaban J connectivity index is 1.71. The summed E-state index contributed by atoms with van der Waals surface area (Å²) in [7, 11) is 2.12. The fourth-order valence-electron chi connectivity index (χ4n) is 2.30. The van der Waals surface area contributed by atoms with Crippen molar-refractivity contribution in [1.29, 1.82) is 0 Å². The number of nitrogens with one attached hydrogen (secondary N) is 1. The van der Waals surface area contributed by atoms with E-state index < -0.39 is 0 Å². The average molecular weight is 248 g/mol. The first-order valence-electron chi connectivity index (χ1n) is 6.43. The van der Waals surface area contributed by atoms with Gasteiger partial charge < -0.3 is 15.0 Å². The molecule has 0 spiro atoms. The van der Waals surface area contributed by atoms with Gasteiger partial charge in [-0.1, -0.05) is 18.2 Å². The van der Waals surface area contributed by atoms with E-state index in [4.69, 9.17) is 4.74 Å². The van der Waals surface area contributed by atoms with E-state index in [1.165, 1.54) is 12.8 Å². The van der Waals surface area contributed by atoms with Gasteiger partial charge in [-0.15, -0.1) is 0 Å². The van der Waals surface area contributed by atoms with Crippen LogP contribution in [0.1, 0.15) is 12.8 Å². The highest BCUT2D eigenvalue weighted by Gasteiger charge is 2.17. The topological polar surface area (TPSA) is 41.6 Å². The van der Waals surface area contributed by atoms with Gasteiger partial charge in [0.2, 0.25) is 0 Å². The summed E-state index contributed by atoms with van der Waals surface area (Å²) in [6, 6.07) is 9.13. The van der Waals surface area contributed by atoms with Crippen LogP contribution in [-0.4, -0.2) is 37.7 Å². The molecule has 1 unspecified atom stereocenters. The zero-order valence-electron chi connectivity index (χ0n) is 10.8. The van der Waals surface area contributed by atoms with Crippen LogP contribution in [0.4, 0.5) is 4.79 Å². The van der Waals surface area contributed by atoms with E-state index in [1.54, 1.807) is 12.1 Å². The summed E-state index contributed by atoms with van der Waals surface area (Å²) in [5.74, 6) is 1.11. The summed E-state index contributed by atoms with van der Waals surface area (Å²) in [5.41, 5.74) is 0. The molecule has 0 bridgehead atoms. The fourth-order valence-corrected chi connectivity index (χ4v) is 2.30. The standard InChI is InChI=1S/C14H20N2O2/c1-16-9-5-6-12(11-16)10-15-14(17)18-13-7-3-2-4-8-13/h2-4,7-8,12H,5-6,9-11H2,1H3,(H,15,17). The molecule has 98 valence electrons. The van der Waals surface area contributed by atoms with Gasteiger partial charge in [-0.05, 0) is 44.5 Å². The Morgan fingerprint density at radius 2 is 2.22 bits per heavy atom. The highest BCUT2D eigenvalue weighted by Crippen LogP contribution is 2.14. The number of hydrogen-bond donors (Lipinski definition) is 1. The van der Waals surface area contributed by atoms with Crippen molar-refractivity contribution in [1.82, 2.24) is 10.2 Å². The number of benzene rings is 1. The number of hydrogen-bond acceptors (Lipinski definition) is 3. The van der Waals surface area contributed by atoms with Crippen LogP contribution in [0.3, 0.4) is 0 Å². The van der Waals surface area contributed by atoms with Gasteiger partial charge >= 0.3 is 6.09 Å². The minimum absolute atomic E-state index is 0.366. The predicted molar refractivity (Wildman–Crippen MR) is 70.7 cm³/mol. The van der Waals surface area contributed by atoms with Crippen molar-refractivity contribution in [3.8, 4) is 5.75 Å². The van der Waals surface area contributed by atoms with Crippen LogP contribution in [0, 0.1) is 5.92 Å². The molecular weight excluding hydrogens is 228 g/mol. The number of carbonyl (C=O) groups is 1. The van der Waals surface area contributed by atoms with Crippen molar-refractivity contribution >= 4 is 6.09 Å². The van der Waals surface area contributed by atoms with Crippen LogP contribution < -0.4 is 10.1 Å². The number of rotatable bonds is 3. The maximum atomic E-state index is 11.6. The minimum Gasteiger partial charge on any atom is -0.410 e. The first-order chi connectivity index (χ1) is 8.74. The number of ether oxygens (including phenoxy) is 1. The maximum Gasteiger partial charge on any atom is 0.412 e. The molecule has 0 saturated carbocycles. The molecule has 1 N–H and O–H groups in total. The van der Waals surface area contributed by atoms with Gasteiger partial charge in [0.1, 0.15) is 5.75 Å². The van der Waals surface area contributed by atoms with Gasteiger partial charge in [0, 0.05) is 13.1 Å². The number of piperidine rings is 1. The molecule has 1 aromatic carbocycles. The van der Waals surface area contributed by atoms with Crippen LogP contribution in [0.2, 0.25) is 0 Å². The SMILES string of the molecule is CN1CCCC(CNC(=O)Oc2ccccc2)C1. The zero-order valence-corrected chi connectivity index (χ0v) is 10.8. The first-order valence-corrected chi connectivity index (χ1v) is 6.43. The Kier molecular flexibility index (Phi) is 4.59. The third-order valence-corrected chi connectivity index (χ3v) is 3.21. The molecule has 4 nitrogen and oxygen atoms in total. The molecule has 0 radical (unpaired) electrons. The van der Waals surface area contributed by atoms with E-state index in [0.717, 1.165) is 13.1 Å². The molecule has 0 aromatic heterocycles. The van der Waals surface area contributed by atoms with Crippen molar-refractivity contribution < 1.29 is 9.53 Å². The smallest absolute Gasteiger partial charge is 0.410 e. The molecular formula is C14H20N2O2. The Hall–Kier alpha value is -1.55. The van der Waals surface area contributed by atoms with Crippen molar-refractivity contribution in [3.05, 3.63) is 30.3 Å². The highest BCUT2D eigenvalue weighted by molar-refractivity contribution is 5.70. The fraction of sp³-hybridized carbons (Fsp3) is 0.500. The quantitative estimate of drug-likeness (QED) is 0.891. The number of likely N-dealkylation sites (tertiary alicyclic amines) is 1. The lowest BCUT2D eigenvalue weighted by Crippen LogP contribution is -2.39. The lowest BCUT2D eigenvalue weighted by atomic mass is 9.99. The van der Waals surface area contributed by atoms with Crippen LogP contribution in [0.5, 0.6) is 5.75 Å². The molecule has 2 rings (SSSR count). The monoisotopic (exact) mass is 248 g/mol. The molecule has 1 amide bonds. The predicted octanol–water partition coefficient (Wildman–Crippen LogP) is 2.12. The molecule has 1 aliphatic rings. The normalized spacial score (nSPS) is 20.4.